The van der Waals surface area contributed by atoms with Crippen LogP contribution in [0.2, 0.25) is 0 Å². The monoisotopic (exact) mass is 642 g/mol. The number of hydrogen-bond acceptors (Lipinski definition) is 8. The lowest BCUT2D eigenvalue weighted by Crippen LogP contribution is -2.03. The van der Waals surface area contributed by atoms with Gasteiger partial charge in [-0.15, -0.1) is 0 Å². The molecule has 6 rings (SSSR count). The van der Waals surface area contributed by atoms with Gasteiger partial charge in [0, 0.05) is 17.4 Å². The van der Waals surface area contributed by atoms with E-state index in [4.69, 9.17) is 9.47 Å². The third-order valence-corrected chi connectivity index (χ3v) is 10.3. The van der Waals surface area contributed by atoms with Crippen molar-refractivity contribution in [2.75, 3.05) is 25.2 Å². The number of carbonyl (C=O) groups is 2. The highest BCUT2D eigenvalue weighted by Crippen LogP contribution is 2.34. The molecule has 4 aromatic carbocycles. The SMILES string of the molecule is CCS(=O)(=O)c1ccc(C2=C(c3ccccc3)C(=O)OC2)cc1.CS(=O)(=O)c1ccc(C2=C(c3ccccc3)C(=O)OC2)cc1. The van der Waals surface area contributed by atoms with E-state index in [0.29, 0.717) is 11.1 Å². The molecule has 0 aromatic heterocycles. The van der Waals surface area contributed by atoms with Crippen LogP contribution < -0.4 is 0 Å². The van der Waals surface area contributed by atoms with Crippen LogP contribution in [0.25, 0.3) is 22.3 Å². The van der Waals surface area contributed by atoms with Gasteiger partial charge in [-0.25, -0.2) is 26.4 Å². The molecule has 0 N–H and O–H groups in total. The molecule has 10 heteroatoms. The molecule has 0 saturated carbocycles. The highest BCUT2D eigenvalue weighted by atomic mass is 32.2. The van der Waals surface area contributed by atoms with Crippen LogP contribution in [0.5, 0.6) is 0 Å². The lowest BCUT2D eigenvalue weighted by Gasteiger charge is -2.06. The summed E-state index contributed by atoms with van der Waals surface area (Å²) in [6.45, 7) is 2.01. The predicted octanol–water partition coefficient (Wildman–Crippen LogP) is 5.51. The Morgan fingerprint density at radius 2 is 0.911 bits per heavy atom. The summed E-state index contributed by atoms with van der Waals surface area (Å²) in [6.07, 6.45) is 1.17. The zero-order chi connectivity index (χ0) is 32.2. The lowest BCUT2D eigenvalue weighted by molar-refractivity contribution is -0.134. The van der Waals surface area contributed by atoms with E-state index in [1.54, 1.807) is 55.5 Å². The van der Waals surface area contributed by atoms with E-state index in [1.165, 1.54) is 6.26 Å². The van der Waals surface area contributed by atoms with E-state index in [2.05, 4.69) is 0 Å². The number of esters is 2. The van der Waals surface area contributed by atoms with Gasteiger partial charge in [-0.1, -0.05) is 91.9 Å². The fraction of sp³-hybridized carbons (Fsp3) is 0.143. The molecule has 0 aliphatic carbocycles. The number of sulfone groups is 2. The second-order valence-corrected chi connectivity index (χ2v) is 14.6. The van der Waals surface area contributed by atoms with Crippen LogP contribution in [0.15, 0.2) is 119 Å². The second kappa shape index (κ2) is 13.1. The highest BCUT2D eigenvalue weighted by Gasteiger charge is 2.28. The van der Waals surface area contributed by atoms with Crippen LogP contribution in [0.4, 0.5) is 0 Å². The van der Waals surface area contributed by atoms with Crippen LogP contribution in [0.1, 0.15) is 29.2 Å². The first-order chi connectivity index (χ1) is 21.5. The molecule has 0 fully saturated rings. The first-order valence-electron chi connectivity index (χ1n) is 14.0. The third-order valence-electron chi connectivity index (χ3n) is 7.40. The van der Waals surface area contributed by atoms with Crippen molar-refractivity contribution >= 4 is 53.9 Å². The van der Waals surface area contributed by atoms with Gasteiger partial charge in [0.05, 0.1) is 26.7 Å². The molecule has 0 unspecified atom stereocenters. The van der Waals surface area contributed by atoms with Gasteiger partial charge in [0.2, 0.25) is 0 Å². The zero-order valence-corrected chi connectivity index (χ0v) is 26.2. The van der Waals surface area contributed by atoms with Gasteiger partial charge in [0.1, 0.15) is 13.2 Å². The van der Waals surface area contributed by atoms with Crippen LogP contribution in [-0.4, -0.2) is 54.0 Å². The summed E-state index contributed by atoms with van der Waals surface area (Å²) in [5.41, 5.74) is 5.81. The first kappa shape index (κ1) is 31.6. The molecule has 2 heterocycles. The van der Waals surface area contributed by atoms with Crippen molar-refractivity contribution in [1.82, 2.24) is 0 Å². The van der Waals surface area contributed by atoms with Gasteiger partial charge < -0.3 is 9.47 Å². The average Bonchev–Trinajstić information content (AvgIpc) is 3.64. The van der Waals surface area contributed by atoms with Crippen molar-refractivity contribution < 1.29 is 35.9 Å². The van der Waals surface area contributed by atoms with Gasteiger partial charge in [0.25, 0.3) is 0 Å². The number of hydrogen-bond donors (Lipinski definition) is 0. The Morgan fingerprint density at radius 1 is 0.533 bits per heavy atom. The van der Waals surface area contributed by atoms with Gasteiger partial charge >= 0.3 is 11.9 Å². The molecule has 0 atom stereocenters. The molecule has 0 spiro atoms. The van der Waals surface area contributed by atoms with Crippen molar-refractivity contribution in [3.05, 3.63) is 131 Å². The Hall–Kier alpha value is -4.80. The van der Waals surface area contributed by atoms with Crippen molar-refractivity contribution in [2.45, 2.75) is 16.7 Å². The van der Waals surface area contributed by atoms with Crippen LogP contribution >= 0.6 is 0 Å². The fourth-order valence-electron chi connectivity index (χ4n) is 4.99. The molecular weight excluding hydrogens is 613 g/mol. The Morgan fingerprint density at radius 3 is 1.27 bits per heavy atom. The molecule has 45 heavy (non-hydrogen) atoms. The summed E-state index contributed by atoms with van der Waals surface area (Å²) in [4.78, 5) is 24.6. The van der Waals surface area contributed by atoms with Crippen molar-refractivity contribution in [3.8, 4) is 0 Å². The van der Waals surface area contributed by atoms with Gasteiger partial charge in [0.15, 0.2) is 19.7 Å². The largest absolute Gasteiger partial charge is 0.457 e. The number of carbonyl (C=O) groups excluding carboxylic acids is 2. The lowest BCUT2D eigenvalue weighted by atomic mass is 9.97. The minimum absolute atomic E-state index is 0.0614. The number of rotatable bonds is 7. The number of cyclic esters (lactones) is 2. The van der Waals surface area contributed by atoms with Crippen molar-refractivity contribution in [3.63, 3.8) is 0 Å². The van der Waals surface area contributed by atoms with E-state index in [1.807, 2.05) is 60.7 Å². The Labute approximate surface area is 262 Å². The number of ether oxygens (including phenoxy) is 2. The standard InChI is InChI=1S/C18H16O4S.C17H14O4S/c1-2-23(20,21)15-10-8-13(9-11-15)16-12-22-18(19)17(16)14-6-4-3-5-7-14;1-22(19,20)14-9-7-12(8-10-14)15-11-21-17(18)16(15)13-5-3-2-4-6-13/h3-11H,2,12H2,1H3;2-10H,11H2,1H3. The normalized spacial score (nSPS) is 15.0. The average molecular weight is 643 g/mol. The zero-order valence-electron chi connectivity index (χ0n) is 24.6. The molecule has 0 amide bonds. The third kappa shape index (κ3) is 6.97. The smallest absolute Gasteiger partial charge is 0.339 e. The van der Waals surface area contributed by atoms with Crippen molar-refractivity contribution in [2.24, 2.45) is 0 Å². The van der Waals surface area contributed by atoms with E-state index in [9.17, 15) is 26.4 Å². The maximum Gasteiger partial charge on any atom is 0.339 e. The van der Waals surface area contributed by atoms with E-state index in [-0.39, 0.29) is 40.7 Å². The molecule has 4 aromatic rings. The van der Waals surface area contributed by atoms with E-state index >= 15 is 0 Å². The predicted molar refractivity (Wildman–Crippen MR) is 172 cm³/mol. The summed E-state index contributed by atoms with van der Waals surface area (Å²) >= 11 is 0. The van der Waals surface area contributed by atoms with E-state index < -0.39 is 19.7 Å². The fourth-order valence-corrected chi connectivity index (χ4v) is 6.51. The number of benzene rings is 4. The first-order valence-corrected chi connectivity index (χ1v) is 17.6. The maximum atomic E-state index is 12.1. The van der Waals surface area contributed by atoms with Gasteiger partial charge in [-0.05, 0) is 46.5 Å². The second-order valence-electron chi connectivity index (χ2n) is 10.3. The van der Waals surface area contributed by atoms with Crippen molar-refractivity contribution in [1.29, 1.82) is 0 Å². The molecule has 2 aliphatic heterocycles. The van der Waals surface area contributed by atoms with Crippen LogP contribution in [0, 0.1) is 0 Å². The summed E-state index contributed by atoms with van der Waals surface area (Å²) in [6, 6.07) is 31.7. The molecule has 0 bridgehead atoms. The Balaban J connectivity index is 0.000000178. The summed E-state index contributed by atoms with van der Waals surface area (Å²) in [7, 11) is -6.46. The topological polar surface area (TPSA) is 121 Å². The van der Waals surface area contributed by atoms with Gasteiger partial charge in [-0.3, -0.25) is 0 Å². The molecule has 0 radical (unpaired) electrons. The quantitative estimate of drug-likeness (QED) is 0.242. The summed E-state index contributed by atoms with van der Waals surface area (Å²) < 4.78 is 57.1. The van der Waals surface area contributed by atoms with Gasteiger partial charge in [-0.2, -0.15) is 0 Å². The highest BCUT2D eigenvalue weighted by molar-refractivity contribution is 7.91. The van der Waals surface area contributed by atoms with E-state index in [0.717, 1.165) is 33.4 Å². The molecule has 2 aliphatic rings. The molecule has 8 nitrogen and oxygen atoms in total. The maximum absolute atomic E-state index is 12.1. The molecule has 0 saturated heterocycles. The van der Waals surface area contributed by atoms with Crippen LogP contribution in [-0.2, 0) is 38.7 Å². The summed E-state index contributed by atoms with van der Waals surface area (Å²) in [5, 5.41) is 0. The Bertz CT molecular complexity index is 2010. The minimum Gasteiger partial charge on any atom is -0.457 e. The molecular formula is C35H30O8S2. The molecule has 230 valence electrons. The Kier molecular flexibility index (Phi) is 9.17. The summed E-state index contributed by atoms with van der Waals surface area (Å²) in [5.74, 6) is -0.642. The van der Waals surface area contributed by atoms with Crippen LogP contribution in [0.3, 0.4) is 0 Å². The minimum atomic E-state index is -3.23.